The zero-order valence-corrected chi connectivity index (χ0v) is 42.0. The number of methoxy groups -OCH3 is 2. The molecule has 1 amide bonds. The number of Topliss-reactive ketones (excluding diaryl/α,β-unsaturated/α-hetero) is 2. The Hall–Kier alpha value is -4.25. The van der Waals surface area contributed by atoms with Gasteiger partial charge in [-0.3, -0.25) is 14.4 Å². The molecule has 0 radical (unpaired) electrons. The first-order valence-electron chi connectivity index (χ1n) is 22.1. The van der Waals surface area contributed by atoms with Crippen LogP contribution < -0.4 is 10.4 Å². The fourth-order valence-electron chi connectivity index (χ4n) is 6.48. The molecule has 5 N–H and O–H groups in total. The molecule has 1 aromatic heterocycles. The summed E-state index contributed by atoms with van der Waals surface area (Å²) in [4.78, 5) is 63.4. The number of carboxylic acids is 2. The van der Waals surface area contributed by atoms with Crippen molar-refractivity contribution in [3.05, 3.63) is 74.3 Å². The number of quaternary nitrogens is 1. The summed E-state index contributed by atoms with van der Waals surface area (Å²) in [6.07, 6.45) is 22.2. The number of aliphatic hydroxyl groups is 1. The molecule has 0 saturated heterocycles. The minimum Gasteiger partial charge on any atom is -0.544 e. The number of ether oxygens (including phenoxy) is 2. The molecule has 1 aliphatic rings. The van der Waals surface area contributed by atoms with Crippen LogP contribution in [0, 0.1) is 4.77 Å². The Labute approximate surface area is 391 Å². The van der Waals surface area contributed by atoms with Crippen LogP contribution in [-0.2, 0) is 39.9 Å². The number of amides is 1. The van der Waals surface area contributed by atoms with E-state index in [4.69, 9.17) is 31.9 Å². The predicted molar refractivity (Wildman–Crippen MR) is 257 cm³/mol. The lowest BCUT2D eigenvalue weighted by atomic mass is 9.89. The summed E-state index contributed by atoms with van der Waals surface area (Å²) >= 11 is 6.39. The average molecular weight is 935 g/mol. The van der Waals surface area contributed by atoms with Crippen LogP contribution in [0.3, 0.4) is 0 Å². The van der Waals surface area contributed by atoms with E-state index in [2.05, 4.69) is 61.2 Å². The fraction of sp³-hybridized carbons (Fsp3) is 0.625. The number of aliphatic hydroxyl groups excluding tert-OH is 1. The van der Waals surface area contributed by atoms with E-state index in [-0.39, 0.29) is 35.6 Å². The Kier molecular flexibility index (Phi) is 31.1. The van der Waals surface area contributed by atoms with Crippen molar-refractivity contribution < 1.29 is 53.2 Å². The number of hydrogen-bond donors (Lipinski definition) is 5. The Morgan fingerprint density at radius 3 is 1.86 bits per heavy atom. The van der Waals surface area contributed by atoms with Crippen LogP contribution in [0.25, 0.3) is 0 Å². The highest BCUT2D eigenvalue weighted by atomic mass is 32.2. The van der Waals surface area contributed by atoms with Gasteiger partial charge in [0.1, 0.15) is 12.1 Å². The second-order valence-corrected chi connectivity index (χ2v) is 18.6. The number of carbonyl (C=O) groups is 5. The second kappa shape index (κ2) is 33.3. The lowest BCUT2D eigenvalue weighted by Gasteiger charge is -2.34. The number of aromatic amines is 2. The van der Waals surface area contributed by atoms with Crippen molar-refractivity contribution in [1.29, 1.82) is 0 Å². The molecule has 1 aromatic rings. The Morgan fingerprint density at radius 2 is 1.39 bits per heavy atom. The van der Waals surface area contributed by atoms with Gasteiger partial charge < -0.3 is 49.4 Å². The van der Waals surface area contributed by atoms with Gasteiger partial charge in [-0.05, 0) is 91.8 Å². The molecule has 16 heteroatoms. The number of nitrogens with one attached hydrogen (secondary N) is 3. The molecule has 0 unspecified atom stereocenters. The van der Waals surface area contributed by atoms with Gasteiger partial charge in [0, 0.05) is 54.5 Å². The number of unbranched alkanes of at least 4 members (excludes halogenated alkanes) is 7. The van der Waals surface area contributed by atoms with Gasteiger partial charge in [0.05, 0.1) is 41.3 Å². The quantitative estimate of drug-likeness (QED) is 0.0181. The van der Waals surface area contributed by atoms with E-state index in [1.807, 2.05) is 21.1 Å². The van der Waals surface area contributed by atoms with E-state index in [9.17, 15) is 29.1 Å². The molecule has 2 rings (SSSR count). The van der Waals surface area contributed by atoms with Crippen LogP contribution in [0.1, 0.15) is 131 Å². The Bertz CT molecular complexity index is 1850. The van der Waals surface area contributed by atoms with Gasteiger partial charge in [0.25, 0.3) is 0 Å². The highest BCUT2D eigenvalue weighted by Crippen LogP contribution is 2.29. The van der Waals surface area contributed by atoms with Crippen molar-refractivity contribution >= 4 is 53.4 Å². The molecule has 0 saturated carbocycles. The number of hydrogen-bond acceptors (Lipinski definition) is 11. The van der Waals surface area contributed by atoms with Crippen LogP contribution in [0.2, 0.25) is 0 Å². The van der Waals surface area contributed by atoms with Crippen molar-refractivity contribution in [3.8, 4) is 0 Å². The summed E-state index contributed by atoms with van der Waals surface area (Å²) < 4.78 is 10.9. The zero-order chi connectivity index (χ0) is 48.8. The summed E-state index contributed by atoms with van der Waals surface area (Å²) in [5.74, 6) is -1.67. The van der Waals surface area contributed by atoms with Crippen molar-refractivity contribution in [2.24, 2.45) is 0 Å². The third-order valence-electron chi connectivity index (χ3n) is 10.3. The first kappa shape index (κ1) is 59.8. The van der Waals surface area contributed by atoms with Crippen LogP contribution in [-0.4, -0.2) is 120 Å². The molecule has 14 nitrogen and oxygen atoms in total. The summed E-state index contributed by atoms with van der Waals surface area (Å²) in [5, 5.41) is 31.2. The number of likely N-dealkylation sites (N-methyl/N-ethyl adjacent to an activating group) is 1. The molecule has 0 spiro atoms. The monoisotopic (exact) mass is 935 g/mol. The maximum Gasteiger partial charge on any atom is 0.327 e. The van der Waals surface area contributed by atoms with E-state index in [0.29, 0.717) is 39.0 Å². The summed E-state index contributed by atoms with van der Waals surface area (Å²) in [7, 11) is 8.22. The lowest BCUT2D eigenvalue weighted by Crippen LogP contribution is -2.55. The first-order valence-corrected chi connectivity index (χ1v) is 23.7. The highest BCUT2D eigenvalue weighted by molar-refractivity contribution is 7.99. The number of rotatable bonds is 28. The van der Waals surface area contributed by atoms with E-state index in [0.717, 1.165) is 69.2 Å². The summed E-state index contributed by atoms with van der Waals surface area (Å²) in [6.45, 7) is 11.8. The molecule has 1 heterocycles. The first-order chi connectivity index (χ1) is 30.1. The predicted octanol–water partition coefficient (Wildman–Crippen LogP) is 7.63. The van der Waals surface area contributed by atoms with Crippen molar-refractivity contribution in [2.75, 3.05) is 53.5 Å². The molecule has 2 atom stereocenters. The molecule has 1 aliphatic carbocycles. The van der Waals surface area contributed by atoms with Gasteiger partial charge in [0.15, 0.2) is 4.77 Å². The number of H-pyrrole nitrogens is 2. The number of imidazole rings is 1. The van der Waals surface area contributed by atoms with Gasteiger partial charge in [-0.2, -0.15) is 11.8 Å². The normalized spacial score (nSPS) is 14.2. The summed E-state index contributed by atoms with van der Waals surface area (Å²) in [6, 6.07) is -1.41. The number of nitrogens with zero attached hydrogens (tertiary/aromatic N) is 1. The molecule has 0 fully saturated rings. The molecular weight excluding hydrogens is 857 g/mol. The SMILES string of the molecule is CC(=O)N[C@@H](CSC/C=C(\C)CC/C=C(\C)CCC=C(C)C)C(=O)O.COC1=C(OC)C(=O)C(CCCCCCCCCCO)=C(C)C1=O.C[N+](C)(C)[C@@H](Cc1c[nH]c(=S)[nH]1)C(=O)[O-]. The number of carbonyl (C=O) groups excluding carboxylic acids is 4. The number of aliphatic carboxylic acids is 2. The number of allylic oxidation sites excluding steroid dienone is 7. The smallest absolute Gasteiger partial charge is 0.327 e. The molecule has 0 bridgehead atoms. The minimum absolute atomic E-state index is 0.00614. The van der Waals surface area contributed by atoms with E-state index in [1.54, 1.807) is 13.1 Å². The molecular formula is C48H78N4O10S2. The highest BCUT2D eigenvalue weighted by Gasteiger charge is 2.34. The summed E-state index contributed by atoms with van der Waals surface area (Å²) in [5.41, 5.74) is 5.92. The fourth-order valence-corrected chi connectivity index (χ4v) is 7.67. The van der Waals surface area contributed by atoms with Crippen LogP contribution in [0.4, 0.5) is 0 Å². The standard InChI is InChI=1S/C20H33NO3S.C19H30O5.C9H15N3O2S/c1-15(2)8-6-9-16(3)10-7-11-17(4)12-13-25-14-19(20(23)24)21-18(5)22;1-14-15(12-10-8-6-4-5-7-9-11-13-20)17(22)19(24-3)18(23-2)16(14)21;1-12(2,3)7(8(13)14)4-6-5-10-9(15)11-6/h8,10,12,19H,6-7,9,11,13-14H2,1-5H3,(H,21,22)(H,23,24);20H,4-13H2,1-3H3;5,7H,4H2,1-3H3,(H2-,10,11,13,14,15)/b16-10+,17-12+;;/t19-;;7-/m0.0/s1. The second-order valence-electron chi connectivity index (χ2n) is 17.1. The van der Waals surface area contributed by atoms with Crippen LogP contribution >= 0.6 is 24.0 Å². The topological polar surface area (TPSA) is 211 Å². The zero-order valence-electron chi connectivity index (χ0n) is 40.4. The maximum atomic E-state index is 12.5. The lowest BCUT2D eigenvalue weighted by molar-refractivity contribution is -0.889. The van der Waals surface area contributed by atoms with Crippen LogP contribution in [0.15, 0.2) is 63.8 Å². The number of thioether (sulfide) groups is 1. The molecule has 64 heavy (non-hydrogen) atoms. The van der Waals surface area contributed by atoms with Gasteiger partial charge in [-0.1, -0.05) is 73.5 Å². The number of carboxylic acid groups (broad SMARTS) is 2. The maximum absolute atomic E-state index is 12.5. The molecule has 0 aliphatic heterocycles. The number of ketones is 2. The van der Waals surface area contributed by atoms with Crippen molar-refractivity contribution in [2.45, 2.75) is 144 Å². The van der Waals surface area contributed by atoms with E-state index < -0.39 is 24.0 Å². The molecule has 362 valence electrons. The van der Waals surface area contributed by atoms with Gasteiger partial charge in [0.2, 0.25) is 29.0 Å². The number of aromatic nitrogens is 2. The Balaban J connectivity index is 0.000000959. The third kappa shape index (κ3) is 25.9. The molecule has 0 aromatic carbocycles. The van der Waals surface area contributed by atoms with Gasteiger partial charge in [-0.25, -0.2) is 4.79 Å². The van der Waals surface area contributed by atoms with Crippen LogP contribution in [0.5, 0.6) is 0 Å². The third-order valence-corrected chi connectivity index (χ3v) is 11.5. The van der Waals surface area contributed by atoms with Crippen molar-refractivity contribution in [1.82, 2.24) is 15.3 Å². The largest absolute Gasteiger partial charge is 0.544 e. The Morgan fingerprint density at radius 1 is 0.859 bits per heavy atom. The van der Waals surface area contributed by atoms with Gasteiger partial charge >= 0.3 is 5.97 Å². The van der Waals surface area contributed by atoms with E-state index in [1.165, 1.54) is 68.9 Å². The van der Waals surface area contributed by atoms with E-state index >= 15 is 0 Å². The minimum atomic E-state index is -1.05. The average Bonchev–Trinajstić information content (AvgIpc) is 3.63. The van der Waals surface area contributed by atoms with Crippen molar-refractivity contribution in [3.63, 3.8) is 0 Å². The van der Waals surface area contributed by atoms with Gasteiger partial charge in [-0.15, -0.1) is 0 Å².